The summed E-state index contributed by atoms with van der Waals surface area (Å²) in [5.41, 5.74) is 29.9. The zero-order valence-electron chi connectivity index (χ0n) is 16.2. The van der Waals surface area contributed by atoms with Crippen molar-refractivity contribution in [2.24, 2.45) is 0 Å². The molecule has 0 saturated heterocycles. The quantitative estimate of drug-likeness (QED) is 0.203. The van der Waals surface area contributed by atoms with Crippen molar-refractivity contribution in [1.29, 1.82) is 0 Å². The monoisotopic (exact) mass is 394 g/mol. The van der Waals surface area contributed by atoms with E-state index in [1.54, 1.807) is 0 Å². The van der Waals surface area contributed by atoms with Gasteiger partial charge in [0.15, 0.2) is 0 Å². The second-order valence-electron chi connectivity index (χ2n) is 7.32. The minimum absolute atomic E-state index is 0.619. The second-order valence-corrected chi connectivity index (χ2v) is 7.32. The highest BCUT2D eigenvalue weighted by Crippen LogP contribution is 2.32. The van der Waals surface area contributed by atoms with Gasteiger partial charge >= 0.3 is 0 Å². The first-order valence-electron chi connectivity index (χ1n) is 9.63. The van der Waals surface area contributed by atoms with E-state index in [1.165, 1.54) is 10.8 Å². The van der Waals surface area contributed by atoms with Gasteiger partial charge in [-0.2, -0.15) is 0 Å². The number of nitrogens with two attached hydrogens (primary N) is 4. The molecule has 6 heteroatoms. The molecular formula is C24H22N6. The van der Waals surface area contributed by atoms with E-state index >= 15 is 0 Å². The number of aromatic amines is 2. The van der Waals surface area contributed by atoms with E-state index in [0.717, 1.165) is 32.8 Å². The molecule has 0 aliphatic carbocycles. The summed E-state index contributed by atoms with van der Waals surface area (Å²) in [6.45, 7) is 0. The summed E-state index contributed by atoms with van der Waals surface area (Å²) in [4.78, 5) is 6.56. The molecule has 0 aliphatic heterocycles. The molecule has 0 fully saturated rings. The summed E-state index contributed by atoms with van der Waals surface area (Å²) >= 11 is 0. The Balaban J connectivity index is 0.000000128. The molecule has 148 valence electrons. The molecule has 6 nitrogen and oxygen atoms in total. The Hall–Kier alpha value is -4.32. The average Bonchev–Trinajstić information content (AvgIpc) is 3.33. The molecule has 0 bridgehead atoms. The minimum Gasteiger partial charge on any atom is -0.397 e. The number of fused-ring (bicyclic) bond motifs is 6. The molecule has 0 radical (unpaired) electrons. The maximum atomic E-state index is 5.93. The number of nitrogens with one attached hydrogen (secondary N) is 2. The molecule has 6 aromatic rings. The van der Waals surface area contributed by atoms with Crippen LogP contribution in [0.5, 0.6) is 0 Å². The smallest absolute Gasteiger partial charge is 0.0793 e. The molecule has 2 aromatic heterocycles. The minimum atomic E-state index is 0.619. The number of benzene rings is 4. The summed E-state index contributed by atoms with van der Waals surface area (Å²) in [5.74, 6) is 0. The van der Waals surface area contributed by atoms with Gasteiger partial charge in [-0.3, -0.25) is 0 Å². The lowest BCUT2D eigenvalue weighted by molar-refractivity contribution is 1.54. The Morgan fingerprint density at radius 3 is 1.27 bits per heavy atom. The van der Waals surface area contributed by atoms with E-state index in [1.807, 2.05) is 60.7 Å². The van der Waals surface area contributed by atoms with Gasteiger partial charge in [0, 0.05) is 32.6 Å². The molecule has 0 aliphatic rings. The average molecular weight is 394 g/mol. The Morgan fingerprint density at radius 2 is 0.833 bits per heavy atom. The second kappa shape index (κ2) is 6.63. The molecule has 0 amide bonds. The van der Waals surface area contributed by atoms with Crippen LogP contribution in [0.2, 0.25) is 0 Å². The maximum Gasteiger partial charge on any atom is 0.0793 e. The van der Waals surface area contributed by atoms with E-state index < -0.39 is 0 Å². The lowest BCUT2D eigenvalue weighted by Gasteiger charge is -2.00. The van der Waals surface area contributed by atoms with Gasteiger partial charge in [-0.15, -0.1) is 0 Å². The Kier molecular flexibility index (Phi) is 3.93. The predicted molar refractivity (Wildman–Crippen MR) is 129 cm³/mol. The third-order valence-electron chi connectivity index (χ3n) is 5.51. The number of anilines is 4. The molecule has 0 atom stereocenters. The first-order valence-corrected chi connectivity index (χ1v) is 9.63. The lowest BCUT2D eigenvalue weighted by atomic mass is 10.1. The van der Waals surface area contributed by atoms with Crippen molar-refractivity contribution < 1.29 is 0 Å². The molecule has 0 unspecified atom stereocenters. The van der Waals surface area contributed by atoms with Crippen LogP contribution in [-0.4, -0.2) is 9.97 Å². The van der Waals surface area contributed by atoms with Gasteiger partial charge in [-0.05, 0) is 24.3 Å². The van der Waals surface area contributed by atoms with Crippen LogP contribution in [0.25, 0.3) is 43.6 Å². The van der Waals surface area contributed by atoms with Crippen molar-refractivity contribution >= 4 is 66.4 Å². The highest BCUT2D eigenvalue weighted by atomic mass is 14.8. The maximum absolute atomic E-state index is 5.93. The molecule has 0 saturated carbocycles. The van der Waals surface area contributed by atoms with Crippen LogP contribution in [0.3, 0.4) is 0 Å². The van der Waals surface area contributed by atoms with Crippen LogP contribution < -0.4 is 22.9 Å². The van der Waals surface area contributed by atoms with E-state index in [2.05, 4.69) is 22.1 Å². The molecule has 10 N–H and O–H groups in total. The van der Waals surface area contributed by atoms with Crippen LogP contribution in [0.1, 0.15) is 0 Å². The molecule has 0 spiro atoms. The number of hydrogen-bond donors (Lipinski definition) is 6. The van der Waals surface area contributed by atoms with Crippen molar-refractivity contribution in [3.05, 3.63) is 72.8 Å². The molecule has 30 heavy (non-hydrogen) atoms. The van der Waals surface area contributed by atoms with Gasteiger partial charge in [0.05, 0.1) is 33.8 Å². The normalized spacial score (nSPS) is 11.2. The summed E-state index contributed by atoms with van der Waals surface area (Å²) in [5, 5.41) is 4.60. The first kappa shape index (κ1) is 17.8. The van der Waals surface area contributed by atoms with Gasteiger partial charge < -0.3 is 32.9 Å². The number of H-pyrrole nitrogens is 2. The molecule has 2 heterocycles. The van der Waals surface area contributed by atoms with E-state index in [-0.39, 0.29) is 0 Å². The fourth-order valence-electron chi connectivity index (χ4n) is 3.91. The Morgan fingerprint density at radius 1 is 0.433 bits per heavy atom. The number of nitrogen functional groups attached to an aromatic ring is 4. The third kappa shape index (κ3) is 2.66. The van der Waals surface area contributed by atoms with Gasteiger partial charge in [-0.1, -0.05) is 48.5 Å². The lowest BCUT2D eigenvalue weighted by Crippen LogP contribution is -1.94. The van der Waals surface area contributed by atoms with Crippen LogP contribution in [-0.2, 0) is 0 Å². The van der Waals surface area contributed by atoms with Gasteiger partial charge in [0.2, 0.25) is 0 Å². The fourth-order valence-corrected chi connectivity index (χ4v) is 3.91. The molecule has 6 rings (SSSR count). The SMILES string of the molecule is Nc1ccc2c([nH]c3ccccc32)c1N.Nc1ccc2c([nH]c3ccccc32)c1N. The topological polar surface area (TPSA) is 136 Å². The fraction of sp³-hybridized carbons (Fsp3) is 0. The summed E-state index contributed by atoms with van der Waals surface area (Å²) in [7, 11) is 0. The van der Waals surface area contributed by atoms with Gasteiger partial charge in [0.25, 0.3) is 0 Å². The van der Waals surface area contributed by atoms with E-state index in [0.29, 0.717) is 22.7 Å². The van der Waals surface area contributed by atoms with E-state index in [9.17, 15) is 0 Å². The summed E-state index contributed by atoms with van der Waals surface area (Å²) in [6.07, 6.45) is 0. The highest BCUT2D eigenvalue weighted by Gasteiger charge is 2.08. The number of para-hydroxylation sites is 2. The highest BCUT2D eigenvalue weighted by molar-refractivity contribution is 6.13. The van der Waals surface area contributed by atoms with Crippen molar-refractivity contribution in [3.8, 4) is 0 Å². The van der Waals surface area contributed by atoms with Crippen molar-refractivity contribution in [2.45, 2.75) is 0 Å². The molecular weight excluding hydrogens is 372 g/mol. The van der Waals surface area contributed by atoms with Gasteiger partial charge in [0.1, 0.15) is 0 Å². The van der Waals surface area contributed by atoms with Crippen LogP contribution in [0, 0.1) is 0 Å². The number of hydrogen-bond acceptors (Lipinski definition) is 4. The first-order chi connectivity index (χ1) is 14.5. The van der Waals surface area contributed by atoms with Gasteiger partial charge in [-0.25, -0.2) is 0 Å². The summed E-state index contributed by atoms with van der Waals surface area (Å²) < 4.78 is 0. The standard InChI is InChI=1S/2C12H11N3/c2*13-9-6-5-8-7-3-1-2-4-10(7)15-12(8)11(9)14/h2*1-6,15H,13-14H2. The third-order valence-corrected chi connectivity index (χ3v) is 5.51. The zero-order valence-corrected chi connectivity index (χ0v) is 16.2. The zero-order chi connectivity index (χ0) is 20.8. The largest absolute Gasteiger partial charge is 0.397 e. The van der Waals surface area contributed by atoms with Crippen molar-refractivity contribution in [3.63, 3.8) is 0 Å². The summed E-state index contributed by atoms with van der Waals surface area (Å²) in [6, 6.07) is 23.9. The van der Waals surface area contributed by atoms with Crippen molar-refractivity contribution in [2.75, 3.05) is 22.9 Å². The van der Waals surface area contributed by atoms with Crippen LogP contribution in [0.4, 0.5) is 22.7 Å². The van der Waals surface area contributed by atoms with Crippen molar-refractivity contribution in [1.82, 2.24) is 9.97 Å². The van der Waals surface area contributed by atoms with Crippen LogP contribution >= 0.6 is 0 Å². The number of aromatic nitrogens is 2. The molecule has 4 aromatic carbocycles. The Bertz CT molecular complexity index is 1420. The number of rotatable bonds is 0. The van der Waals surface area contributed by atoms with E-state index in [4.69, 9.17) is 22.9 Å². The Labute approximate surface area is 172 Å². The predicted octanol–water partition coefficient (Wildman–Crippen LogP) is 4.97. The van der Waals surface area contributed by atoms with Crippen LogP contribution in [0.15, 0.2) is 72.8 Å².